The van der Waals surface area contributed by atoms with Gasteiger partial charge in [-0.05, 0) is 25.7 Å². The summed E-state index contributed by atoms with van der Waals surface area (Å²) < 4.78 is 0. The van der Waals surface area contributed by atoms with E-state index < -0.39 is 0 Å². The minimum absolute atomic E-state index is 0.250. The Morgan fingerprint density at radius 2 is 2.25 bits per heavy atom. The smallest absolute Gasteiger partial charge is 0.131 e. The summed E-state index contributed by atoms with van der Waals surface area (Å²) in [5, 5.41) is 12.1. The van der Waals surface area contributed by atoms with E-state index in [1.54, 1.807) is 6.07 Å². The molecule has 4 N–H and O–H groups in total. The molecule has 5 heteroatoms. The Balaban J connectivity index is 2.32. The Hall–Kier alpha value is -1.36. The molecule has 16 heavy (non-hydrogen) atoms. The Morgan fingerprint density at radius 1 is 1.50 bits per heavy atom. The second-order valence-electron chi connectivity index (χ2n) is 4.08. The van der Waals surface area contributed by atoms with E-state index in [2.05, 4.69) is 15.3 Å². The van der Waals surface area contributed by atoms with Crippen molar-refractivity contribution in [1.82, 2.24) is 9.97 Å². The molecule has 1 atom stereocenters. The van der Waals surface area contributed by atoms with E-state index >= 15 is 0 Å². The quantitative estimate of drug-likeness (QED) is 0.632. The highest BCUT2D eigenvalue weighted by atomic mass is 16.3. The van der Waals surface area contributed by atoms with Gasteiger partial charge in [-0.2, -0.15) is 0 Å². The Labute approximate surface area is 96.1 Å². The van der Waals surface area contributed by atoms with Crippen LogP contribution >= 0.6 is 0 Å². The topological polar surface area (TPSA) is 84.1 Å². The molecule has 0 aliphatic carbocycles. The first-order valence-corrected chi connectivity index (χ1v) is 5.57. The third-order valence-corrected chi connectivity index (χ3v) is 2.35. The number of aromatic nitrogens is 2. The van der Waals surface area contributed by atoms with E-state index in [1.807, 2.05) is 13.8 Å². The Kier molecular flexibility index (Phi) is 4.98. The summed E-state index contributed by atoms with van der Waals surface area (Å²) in [6.07, 6.45) is 2.01. The zero-order chi connectivity index (χ0) is 12.0. The lowest BCUT2D eigenvalue weighted by molar-refractivity contribution is 0.229. The molecule has 0 aliphatic rings. The number of nitrogens with zero attached hydrogens (tertiary/aromatic N) is 2. The first-order valence-electron chi connectivity index (χ1n) is 5.57. The van der Waals surface area contributed by atoms with Crippen LogP contribution in [0.1, 0.15) is 25.6 Å². The number of anilines is 2. The molecule has 0 aromatic carbocycles. The van der Waals surface area contributed by atoms with E-state index in [0.717, 1.165) is 25.2 Å². The lowest BCUT2D eigenvalue weighted by Crippen LogP contribution is -2.08. The van der Waals surface area contributed by atoms with Crippen molar-refractivity contribution in [2.24, 2.45) is 5.92 Å². The number of rotatable bonds is 6. The number of nitrogens with two attached hydrogens (primary N) is 1. The Bertz CT molecular complexity index is 310. The van der Waals surface area contributed by atoms with Crippen LogP contribution in [0.3, 0.4) is 0 Å². The molecular formula is C11H20N4O. The predicted octanol–water partition coefficient (Wildman–Crippen LogP) is 1.19. The third kappa shape index (κ3) is 4.44. The fourth-order valence-electron chi connectivity index (χ4n) is 1.44. The predicted molar refractivity (Wildman–Crippen MR) is 65.2 cm³/mol. The van der Waals surface area contributed by atoms with Crippen LogP contribution < -0.4 is 11.1 Å². The molecule has 1 aromatic rings. The normalized spacial score (nSPS) is 12.4. The van der Waals surface area contributed by atoms with E-state index in [4.69, 9.17) is 10.8 Å². The molecule has 1 aromatic heterocycles. The van der Waals surface area contributed by atoms with Gasteiger partial charge in [-0.25, -0.2) is 9.97 Å². The number of aliphatic hydroxyl groups is 1. The SMILES string of the molecule is Cc1nc(N)cc(NCCCC(C)CO)n1. The molecule has 0 bridgehead atoms. The number of aliphatic hydroxyl groups excluding tert-OH is 1. The first kappa shape index (κ1) is 12.7. The average molecular weight is 224 g/mol. The number of hydrogen-bond acceptors (Lipinski definition) is 5. The van der Waals surface area contributed by atoms with Crippen LogP contribution in [0.25, 0.3) is 0 Å². The number of nitrogen functional groups attached to an aromatic ring is 1. The molecule has 1 unspecified atom stereocenters. The summed E-state index contributed by atoms with van der Waals surface area (Å²) in [7, 11) is 0. The van der Waals surface area contributed by atoms with Crippen molar-refractivity contribution in [2.75, 3.05) is 24.2 Å². The van der Waals surface area contributed by atoms with Gasteiger partial charge in [-0.3, -0.25) is 0 Å². The maximum absolute atomic E-state index is 8.87. The van der Waals surface area contributed by atoms with Crippen molar-refractivity contribution >= 4 is 11.6 Å². The standard InChI is InChI=1S/C11H20N4O/c1-8(7-16)4-3-5-13-11-6-10(12)14-9(2)15-11/h6,8,16H,3-5,7H2,1-2H3,(H3,12,13,14,15). The van der Waals surface area contributed by atoms with Gasteiger partial charge in [0.25, 0.3) is 0 Å². The maximum Gasteiger partial charge on any atom is 0.131 e. The van der Waals surface area contributed by atoms with Crippen molar-refractivity contribution in [3.8, 4) is 0 Å². The van der Waals surface area contributed by atoms with Gasteiger partial charge in [0.2, 0.25) is 0 Å². The number of aryl methyl sites for hydroxylation is 1. The van der Waals surface area contributed by atoms with Crippen LogP contribution in [-0.2, 0) is 0 Å². The number of nitrogens with one attached hydrogen (secondary N) is 1. The van der Waals surface area contributed by atoms with Gasteiger partial charge in [-0.15, -0.1) is 0 Å². The second-order valence-corrected chi connectivity index (χ2v) is 4.08. The summed E-state index contributed by atoms with van der Waals surface area (Å²) in [5.74, 6) is 2.28. The van der Waals surface area contributed by atoms with Gasteiger partial charge < -0.3 is 16.2 Å². The van der Waals surface area contributed by atoms with Crippen molar-refractivity contribution in [2.45, 2.75) is 26.7 Å². The molecule has 0 fully saturated rings. The molecule has 0 amide bonds. The first-order chi connectivity index (χ1) is 7.61. The van der Waals surface area contributed by atoms with Gasteiger partial charge in [0.1, 0.15) is 17.5 Å². The fourth-order valence-corrected chi connectivity index (χ4v) is 1.44. The largest absolute Gasteiger partial charge is 0.396 e. The zero-order valence-electron chi connectivity index (χ0n) is 9.90. The van der Waals surface area contributed by atoms with Crippen LogP contribution in [0.4, 0.5) is 11.6 Å². The summed E-state index contributed by atoms with van der Waals surface area (Å²) in [6, 6.07) is 1.72. The summed E-state index contributed by atoms with van der Waals surface area (Å²) in [4.78, 5) is 8.22. The van der Waals surface area contributed by atoms with Crippen molar-refractivity contribution in [3.63, 3.8) is 0 Å². The highest BCUT2D eigenvalue weighted by Gasteiger charge is 2.01. The lowest BCUT2D eigenvalue weighted by Gasteiger charge is -2.09. The Morgan fingerprint density at radius 3 is 2.88 bits per heavy atom. The monoisotopic (exact) mass is 224 g/mol. The van der Waals surface area contributed by atoms with Crippen molar-refractivity contribution in [3.05, 3.63) is 11.9 Å². The summed E-state index contributed by atoms with van der Waals surface area (Å²) in [5.41, 5.74) is 5.61. The van der Waals surface area contributed by atoms with Crippen LogP contribution in [0.2, 0.25) is 0 Å². The van der Waals surface area contributed by atoms with Crippen LogP contribution in [0.5, 0.6) is 0 Å². The second kappa shape index (κ2) is 6.27. The van der Waals surface area contributed by atoms with Gasteiger partial charge in [-0.1, -0.05) is 6.92 Å². The van der Waals surface area contributed by atoms with Crippen LogP contribution in [0.15, 0.2) is 6.07 Å². The van der Waals surface area contributed by atoms with Crippen molar-refractivity contribution < 1.29 is 5.11 Å². The fraction of sp³-hybridized carbons (Fsp3) is 0.636. The summed E-state index contributed by atoms with van der Waals surface area (Å²) >= 11 is 0. The molecule has 90 valence electrons. The van der Waals surface area contributed by atoms with Gasteiger partial charge in [0.15, 0.2) is 0 Å². The molecule has 0 aliphatic heterocycles. The molecular weight excluding hydrogens is 204 g/mol. The zero-order valence-corrected chi connectivity index (χ0v) is 9.90. The molecule has 1 rings (SSSR count). The van der Waals surface area contributed by atoms with E-state index in [9.17, 15) is 0 Å². The highest BCUT2D eigenvalue weighted by molar-refractivity contribution is 5.44. The molecule has 0 saturated carbocycles. The minimum atomic E-state index is 0.250. The van der Waals surface area contributed by atoms with E-state index in [-0.39, 0.29) is 6.61 Å². The van der Waals surface area contributed by atoms with Gasteiger partial charge in [0.05, 0.1) is 0 Å². The van der Waals surface area contributed by atoms with E-state index in [0.29, 0.717) is 17.6 Å². The average Bonchev–Trinajstić information content (AvgIpc) is 2.22. The van der Waals surface area contributed by atoms with Gasteiger partial charge in [0, 0.05) is 19.2 Å². The van der Waals surface area contributed by atoms with Crippen LogP contribution in [-0.4, -0.2) is 28.2 Å². The molecule has 0 saturated heterocycles. The van der Waals surface area contributed by atoms with Gasteiger partial charge >= 0.3 is 0 Å². The molecule has 0 radical (unpaired) electrons. The van der Waals surface area contributed by atoms with E-state index in [1.165, 1.54) is 0 Å². The third-order valence-electron chi connectivity index (χ3n) is 2.35. The van der Waals surface area contributed by atoms with Crippen molar-refractivity contribution in [1.29, 1.82) is 0 Å². The number of hydrogen-bond donors (Lipinski definition) is 3. The summed E-state index contributed by atoms with van der Waals surface area (Å²) in [6.45, 7) is 4.93. The van der Waals surface area contributed by atoms with Crippen LogP contribution in [0, 0.1) is 12.8 Å². The minimum Gasteiger partial charge on any atom is -0.396 e. The molecule has 5 nitrogen and oxygen atoms in total. The maximum atomic E-state index is 8.87. The molecule has 0 spiro atoms. The lowest BCUT2D eigenvalue weighted by atomic mass is 10.1. The molecule has 1 heterocycles. The highest BCUT2D eigenvalue weighted by Crippen LogP contribution is 2.09.